The van der Waals surface area contributed by atoms with Crippen LogP contribution in [-0.2, 0) is 17.4 Å². The molecule has 2 N–H and O–H groups in total. The molecule has 5 rings (SSSR count). The number of likely N-dealkylation sites (tertiary alicyclic amines) is 1. The number of halogens is 1. The highest BCUT2D eigenvalue weighted by molar-refractivity contribution is 7.70. The summed E-state index contributed by atoms with van der Waals surface area (Å²) in [7, 11) is -2.51. The fourth-order valence-corrected chi connectivity index (χ4v) is 6.89. The molecular weight excluding hydrogens is 515 g/mol. The van der Waals surface area contributed by atoms with Crippen LogP contribution in [0.5, 0.6) is 0 Å². The lowest BCUT2D eigenvalue weighted by molar-refractivity contribution is 0.218. The van der Waals surface area contributed by atoms with E-state index in [1.54, 1.807) is 19.5 Å². The molecule has 38 heavy (non-hydrogen) atoms. The zero-order valence-electron chi connectivity index (χ0n) is 22.2. The van der Waals surface area contributed by atoms with Crippen LogP contribution in [-0.4, -0.2) is 47.3 Å². The van der Waals surface area contributed by atoms with E-state index < -0.39 is 7.14 Å². The first-order valence-electron chi connectivity index (χ1n) is 13.2. The maximum absolute atomic E-state index is 12.9. The van der Waals surface area contributed by atoms with Gasteiger partial charge in [-0.25, -0.2) is 4.98 Å². The molecule has 1 aliphatic heterocycles. The Bertz CT molecular complexity index is 1430. The Morgan fingerprint density at radius 1 is 1.08 bits per heavy atom. The maximum Gasteiger partial charge on any atom is 0.229 e. The van der Waals surface area contributed by atoms with E-state index in [0.29, 0.717) is 22.8 Å². The summed E-state index contributed by atoms with van der Waals surface area (Å²) in [5.74, 6) is 1.08. The fourth-order valence-electron chi connectivity index (χ4n) is 5.52. The summed E-state index contributed by atoms with van der Waals surface area (Å²) in [4.78, 5) is 11.5. The van der Waals surface area contributed by atoms with Gasteiger partial charge in [0.25, 0.3) is 0 Å². The largest absolute Gasteiger partial charge is 0.338 e. The molecule has 1 aromatic heterocycles. The number of rotatable bonds is 6. The van der Waals surface area contributed by atoms with Crippen LogP contribution < -0.4 is 15.9 Å². The lowest BCUT2D eigenvalue weighted by atomic mass is 10.0. The molecule has 7 nitrogen and oxygen atoms in total. The van der Waals surface area contributed by atoms with Crippen molar-refractivity contribution in [1.82, 2.24) is 14.9 Å². The molecular formula is C29H34ClN6OP. The quantitative estimate of drug-likeness (QED) is 0.277. The molecule has 0 spiro atoms. The molecule has 9 heteroatoms. The monoisotopic (exact) mass is 548 g/mol. The molecule has 2 aliphatic rings. The molecule has 1 saturated heterocycles. The van der Waals surface area contributed by atoms with Crippen molar-refractivity contribution in [3.63, 3.8) is 0 Å². The van der Waals surface area contributed by atoms with Gasteiger partial charge in [-0.15, -0.1) is 0 Å². The number of nitrogens with zero attached hydrogens (tertiary/aromatic N) is 4. The van der Waals surface area contributed by atoms with Crippen molar-refractivity contribution in [1.29, 1.82) is 5.26 Å². The van der Waals surface area contributed by atoms with Crippen molar-refractivity contribution in [2.24, 2.45) is 5.92 Å². The Morgan fingerprint density at radius 2 is 1.87 bits per heavy atom. The van der Waals surface area contributed by atoms with Crippen molar-refractivity contribution in [3.05, 3.63) is 64.3 Å². The highest BCUT2D eigenvalue weighted by atomic mass is 35.5. The van der Waals surface area contributed by atoms with Gasteiger partial charge in [-0.2, -0.15) is 10.2 Å². The van der Waals surface area contributed by atoms with E-state index in [1.807, 2.05) is 25.1 Å². The lowest BCUT2D eigenvalue weighted by Gasteiger charge is -2.26. The Balaban J connectivity index is 1.31. The van der Waals surface area contributed by atoms with Crippen LogP contribution in [0.2, 0.25) is 5.02 Å². The molecule has 0 radical (unpaired) electrons. The molecule has 3 aromatic rings. The summed E-state index contributed by atoms with van der Waals surface area (Å²) in [6.07, 6.45) is 6.88. The number of aromatic nitrogens is 2. The van der Waals surface area contributed by atoms with Crippen molar-refractivity contribution in [3.8, 4) is 6.07 Å². The minimum Gasteiger partial charge on any atom is -0.338 e. The van der Waals surface area contributed by atoms with Gasteiger partial charge in [-0.05, 0) is 94.3 Å². The average Bonchev–Trinajstić information content (AvgIpc) is 3.27. The minimum atomic E-state index is -2.51. The predicted octanol–water partition coefficient (Wildman–Crippen LogP) is 6.27. The van der Waals surface area contributed by atoms with E-state index >= 15 is 0 Å². The summed E-state index contributed by atoms with van der Waals surface area (Å²) in [6.45, 7) is 7.45. The molecule has 2 heterocycles. The molecule has 0 bridgehead atoms. The number of hydrogen-bond donors (Lipinski definition) is 2. The summed E-state index contributed by atoms with van der Waals surface area (Å²) in [5.41, 5.74) is 5.46. The van der Waals surface area contributed by atoms with Gasteiger partial charge in [0, 0.05) is 23.6 Å². The van der Waals surface area contributed by atoms with Crippen LogP contribution in [0.25, 0.3) is 0 Å². The number of nitriles is 1. The van der Waals surface area contributed by atoms with Crippen LogP contribution in [0.15, 0.2) is 42.6 Å². The van der Waals surface area contributed by atoms with Gasteiger partial charge in [0.2, 0.25) is 5.95 Å². The summed E-state index contributed by atoms with van der Waals surface area (Å²) >= 11 is 6.44. The van der Waals surface area contributed by atoms with Gasteiger partial charge in [-0.1, -0.05) is 29.3 Å². The first kappa shape index (κ1) is 26.7. The molecule has 0 amide bonds. The van der Waals surface area contributed by atoms with Crippen molar-refractivity contribution in [2.75, 3.05) is 37.1 Å². The van der Waals surface area contributed by atoms with Crippen molar-refractivity contribution < 1.29 is 4.57 Å². The van der Waals surface area contributed by atoms with E-state index in [4.69, 9.17) is 11.6 Å². The molecule has 2 aromatic carbocycles. The van der Waals surface area contributed by atoms with E-state index in [1.165, 1.54) is 11.1 Å². The van der Waals surface area contributed by atoms with E-state index in [0.717, 1.165) is 67.4 Å². The normalized spacial score (nSPS) is 19.9. The van der Waals surface area contributed by atoms with Crippen LogP contribution in [0.1, 0.15) is 36.0 Å². The first-order valence-corrected chi connectivity index (χ1v) is 16.2. The third-order valence-corrected chi connectivity index (χ3v) is 9.41. The summed E-state index contributed by atoms with van der Waals surface area (Å²) < 4.78 is 12.9. The standard InChI is InChI=1S/C29H34ClN6OP/c1-19-4-11-26(27(14-19)38(2,3)37)34-28-25(30)17-32-29(35-28)33-23-8-5-21-6-9-24(10-7-22(21)15-23)36-13-12-20(16-31)18-36/h4-5,8,11,14-15,17,20,24H,6-7,9-10,12-13,18H2,1-3H3,(H2,32,33,34,35)/t20-,24+/m1/s1. The SMILES string of the molecule is Cc1ccc(Nc2nc(Nc3ccc4c(c3)CC[C@@H](N3CC[C@H](C#N)C3)CC4)ncc2Cl)c(P(C)(C)=O)c1. The Hall–Kier alpha value is -2.91. The second-order valence-corrected chi connectivity index (χ2v) is 14.4. The van der Waals surface area contributed by atoms with Gasteiger partial charge >= 0.3 is 0 Å². The van der Waals surface area contributed by atoms with Gasteiger partial charge in [0.1, 0.15) is 12.2 Å². The highest BCUT2D eigenvalue weighted by Crippen LogP contribution is 2.39. The van der Waals surface area contributed by atoms with Crippen molar-refractivity contribution in [2.45, 2.75) is 45.1 Å². The van der Waals surface area contributed by atoms with Crippen LogP contribution >= 0.6 is 18.7 Å². The van der Waals surface area contributed by atoms with Crippen LogP contribution in [0.4, 0.5) is 23.1 Å². The Labute approximate surface area is 230 Å². The van der Waals surface area contributed by atoms with E-state index in [2.05, 4.69) is 49.8 Å². The summed E-state index contributed by atoms with van der Waals surface area (Å²) in [5, 5.41) is 17.0. The van der Waals surface area contributed by atoms with Gasteiger partial charge < -0.3 is 15.2 Å². The molecule has 1 fully saturated rings. The zero-order valence-corrected chi connectivity index (χ0v) is 23.8. The molecule has 198 valence electrons. The molecule has 2 atom stereocenters. The second-order valence-electron chi connectivity index (χ2n) is 10.8. The number of fused-ring (bicyclic) bond motifs is 1. The van der Waals surface area contributed by atoms with Gasteiger partial charge in [-0.3, -0.25) is 4.90 Å². The summed E-state index contributed by atoms with van der Waals surface area (Å²) in [6, 6.07) is 15.3. The maximum atomic E-state index is 12.9. The minimum absolute atomic E-state index is 0.182. The second kappa shape index (κ2) is 11.1. The number of aryl methyl sites for hydroxylation is 3. The topological polar surface area (TPSA) is 93.9 Å². The molecule has 1 aliphatic carbocycles. The number of benzene rings is 2. The highest BCUT2D eigenvalue weighted by Gasteiger charge is 2.29. The number of nitrogens with one attached hydrogen (secondary N) is 2. The zero-order chi connectivity index (χ0) is 26.9. The van der Waals surface area contributed by atoms with Crippen LogP contribution in [0.3, 0.4) is 0 Å². The predicted molar refractivity (Wildman–Crippen MR) is 156 cm³/mol. The smallest absolute Gasteiger partial charge is 0.229 e. The number of anilines is 4. The lowest BCUT2D eigenvalue weighted by Crippen LogP contribution is -2.33. The van der Waals surface area contributed by atoms with Crippen LogP contribution in [0, 0.1) is 24.2 Å². The average molecular weight is 549 g/mol. The van der Waals surface area contributed by atoms with Gasteiger partial charge in [0.05, 0.1) is 23.9 Å². The third kappa shape index (κ3) is 6.04. The van der Waals surface area contributed by atoms with Crippen molar-refractivity contribution >= 4 is 47.2 Å². The van der Waals surface area contributed by atoms with E-state index in [-0.39, 0.29) is 5.92 Å². The fraction of sp³-hybridized carbons (Fsp3) is 0.414. The Morgan fingerprint density at radius 3 is 2.61 bits per heavy atom. The Kier molecular flexibility index (Phi) is 7.77. The van der Waals surface area contributed by atoms with Gasteiger partial charge in [0.15, 0.2) is 5.82 Å². The van der Waals surface area contributed by atoms with E-state index in [9.17, 15) is 9.83 Å². The molecule has 0 unspecified atom stereocenters. The number of hydrogen-bond acceptors (Lipinski definition) is 7. The first-order chi connectivity index (χ1) is 18.2. The third-order valence-electron chi connectivity index (χ3n) is 7.61. The molecule has 0 saturated carbocycles.